The Morgan fingerprint density at radius 2 is 2.12 bits per heavy atom. The van der Waals surface area contributed by atoms with Crippen LogP contribution in [0.5, 0.6) is 0 Å². The number of aromatic amines is 1. The van der Waals surface area contributed by atoms with Gasteiger partial charge in [0, 0.05) is 22.0 Å². The van der Waals surface area contributed by atoms with Crippen LogP contribution in [0.2, 0.25) is 0 Å². The van der Waals surface area contributed by atoms with Crippen LogP contribution < -0.4 is 5.73 Å². The van der Waals surface area contributed by atoms with Crippen molar-refractivity contribution in [2.24, 2.45) is 5.73 Å². The third kappa shape index (κ3) is 2.61. The number of nitrogens with two attached hydrogens (primary N) is 1. The summed E-state index contributed by atoms with van der Waals surface area (Å²) in [6, 6.07) is 4.45. The maximum absolute atomic E-state index is 13.8. The number of hydrogen-bond donors (Lipinski definition) is 3. The van der Waals surface area contributed by atoms with Crippen molar-refractivity contribution >= 4 is 10.9 Å². The molecule has 4 N–H and O–H groups in total. The van der Waals surface area contributed by atoms with E-state index in [-0.39, 0.29) is 5.82 Å². The summed E-state index contributed by atoms with van der Waals surface area (Å²) in [6.07, 6.45) is -0.306. The number of nitrogens with zero attached hydrogens (tertiary/aromatic N) is 1. The van der Waals surface area contributed by atoms with E-state index >= 15 is 0 Å². The Kier molecular flexibility index (Phi) is 3.97. The van der Waals surface area contributed by atoms with Crippen LogP contribution in [-0.4, -0.2) is 20.8 Å². The molecule has 0 saturated carbocycles. The second-order valence-electron chi connectivity index (χ2n) is 6.74. The Morgan fingerprint density at radius 3 is 2.75 bits per heavy atom. The monoisotopic (exact) mass is 331 g/mol. The number of hydrogen-bond acceptors (Lipinski definition) is 4. The van der Waals surface area contributed by atoms with E-state index < -0.39 is 11.6 Å². The third-order valence-electron chi connectivity index (χ3n) is 4.30. The number of H-pyrrole nitrogens is 1. The average Bonchev–Trinajstić information content (AvgIpc) is 3.04. The molecule has 0 aliphatic carbocycles. The molecule has 6 heteroatoms. The lowest BCUT2D eigenvalue weighted by Crippen LogP contribution is -2.39. The summed E-state index contributed by atoms with van der Waals surface area (Å²) in [6.45, 7) is 7.27. The van der Waals surface area contributed by atoms with Gasteiger partial charge in [0.2, 0.25) is 0 Å². The molecule has 0 saturated heterocycles. The van der Waals surface area contributed by atoms with E-state index in [1.165, 1.54) is 12.1 Å². The lowest BCUT2D eigenvalue weighted by atomic mass is 9.88. The fraction of sp³-hybridized carbons (Fsp3) is 0.389. The summed E-state index contributed by atoms with van der Waals surface area (Å²) in [5, 5.41) is 15.5. The molecular formula is C18H22FN3O2. The Balaban J connectivity index is 2.37. The third-order valence-corrected chi connectivity index (χ3v) is 4.30. The molecule has 2 heterocycles. The number of nitrogens with one attached hydrogen (secondary N) is 1. The van der Waals surface area contributed by atoms with Gasteiger partial charge in [0.1, 0.15) is 11.6 Å². The number of aliphatic hydroxyl groups is 1. The molecule has 0 amide bonds. The van der Waals surface area contributed by atoms with Gasteiger partial charge in [-0.25, -0.2) is 4.39 Å². The van der Waals surface area contributed by atoms with Gasteiger partial charge in [-0.1, -0.05) is 12.1 Å². The molecule has 0 radical (unpaired) electrons. The lowest BCUT2D eigenvalue weighted by molar-refractivity contribution is 0.106. The smallest absolute Gasteiger partial charge is 0.143 e. The van der Waals surface area contributed by atoms with Crippen molar-refractivity contribution in [3.63, 3.8) is 0 Å². The number of aromatic nitrogens is 2. The van der Waals surface area contributed by atoms with E-state index in [1.54, 1.807) is 19.9 Å². The van der Waals surface area contributed by atoms with Gasteiger partial charge in [0.25, 0.3) is 0 Å². The van der Waals surface area contributed by atoms with E-state index in [9.17, 15) is 9.50 Å². The van der Waals surface area contributed by atoms with Crippen LogP contribution in [0.15, 0.2) is 22.7 Å². The minimum atomic E-state index is -0.984. The summed E-state index contributed by atoms with van der Waals surface area (Å²) < 4.78 is 19.1. The van der Waals surface area contributed by atoms with Gasteiger partial charge < -0.3 is 20.3 Å². The first-order valence-electron chi connectivity index (χ1n) is 7.97. The van der Waals surface area contributed by atoms with Gasteiger partial charge in [-0.15, -0.1) is 0 Å². The highest BCUT2D eigenvalue weighted by Gasteiger charge is 2.32. The fourth-order valence-corrected chi connectivity index (χ4v) is 3.02. The quantitative estimate of drug-likeness (QED) is 0.681. The van der Waals surface area contributed by atoms with E-state index in [0.717, 1.165) is 16.8 Å². The predicted octanol–water partition coefficient (Wildman–Crippen LogP) is 3.60. The number of rotatable bonds is 4. The van der Waals surface area contributed by atoms with E-state index in [2.05, 4.69) is 10.1 Å². The molecule has 0 bridgehead atoms. The zero-order valence-corrected chi connectivity index (χ0v) is 14.3. The van der Waals surface area contributed by atoms with Crippen LogP contribution in [-0.2, 0) is 6.42 Å². The van der Waals surface area contributed by atoms with Crippen LogP contribution in [0.3, 0.4) is 0 Å². The van der Waals surface area contributed by atoms with Gasteiger partial charge >= 0.3 is 0 Å². The maximum Gasteiger partial charge on any atom is 0.143 e. The summed E-state index contributed by atoms with van der Waals surface area (Å²) >= 11 is 0. The first kappa shape index (κ1) is 16.7. The Labute approximate surface area is 139 Å². The minimum absolute atomic E-state index is 0.367. The molecule has 1 aromatic carbocycles. The van der Waals surface area contributed by atoms with E-state index in [1.807, 2.05) is 13.8 Å². The summed E-state index contributed by atoms with van der Waals surface area (Å²) in [5.41, 5.74) is 8.79. The van der Waals surface area contributed by atoms with Crippen LogP contribution in [0, 0.1) is 12.7 Å². The standard InChI is InChI=1S/C18H22FN3O2/c1-5-12-14(9(2)24-22-12)16-15(17(23)18(3,4)20)11-8-10(19)6-7-13(11)21-16/h6-8,17,21,23H,5,20H2,1-4H3. The highest BCUT2D eigenvalue weighted by molar-refractivity contribution is 5.92. The van der Waals surface area contributed by atoms with Gasteiger partial charge in [0.15, 0.2) is 0 Å². The summed E-state index contributed by atoms with van der Waals surface area (Å²) in [7, 11) is 0. The molecule has 0 aliphatic rings. The van der Waals surface area contributed by atoms with Crippen LogP contribution in [0.1, 0.15) is 43.9 Å². The topological polar surface area (TPSA) is 88.1 Å². The van der Waals surface area contributed by atoms with Gasteiger partial charge in [-0.2, -0.15) is 0 Å². The van der Waals surface area contributed by atoms with Crippen molar-refractivity contribution in [1.29, 1.82) is 0 Å². The number of aliphatic hydroxyl groups excluding tert-OH is 1. The molecule has 1 atom stereocenters. The Hall–Kier alpha value is -2.18. The number of halogens is 1. The summed E-state index contributed by atoms with van der Waals surface area (Å²) in [4.78, 5) is 3.28. The molecule has 2 aromatic heterocycles. The molecule has 0 fully saturated rings. The van der Waals surface area contributed by atoms with E-state index in [4.69, 9.17) is 10.3 Å². The van der Waals surface area contributed by atoms with Crippen LogP contribution in [0.25, 0.3) is 22.2 Å². The van der Waals surface area contributed by atoms with Crippen molar-refractivity contribution in [3.05, 3.63) is 41.0 Å². The number of benzene rings is 1. The van der Waals surface area contributed by atoms with Crippen molar-refractivity contribution in [1.82, 2.24) is 10.1 Å². The van der Waals surface area contributed by atoms with Crippen molar-refractivity contribution < 1.29 is 14.0 Å². The van der Waals surface area contributed by atoms with E-state index in [0.29, 0.717) is 28.8 Å². The highest BCUT2D eigenvalue weighted by Crippen LogP contribution is 2.40. The highest BCUT2D eigenvalue weighted by atomic mass is 19.1. The summed E-state index contributed by atoms with van der Waals surface area (Å²) in [5.74, 6) is 0.274. The van der Waals surface area contributed by atoms with Crippen molar-refractivity contribution in [2.45, 2.75) is 45.8 Å². The largest absolute Gasteiger partial charge is 0.386 e. The Morgan fingerprint density at radius 1 is 1.42 bits per heavy atom. The molecule has 0 aliphatic heterocycles. The van der Waals surface area contributed by atoms with Crippen molar-refractivity contribution in [3.8, 4) is 11.3 Å². The van der Waals surface area contributed by atoms with Crippen LogP contribution >= 0.6 is 0 Å². The average molecular weight is 331 g/mol. The number of fused-ring (bicyclic) bond motifs is 1. The molecule has 24 heavy (non-hydrogen) atoms. The molecule has 3 rings (SSSR count). The van der Waals surface area contributed by atoms with Crippen molar-refractivity contribution in [2.75, 3.05) is 0 Å². The molecule has 0 spiro atoms. The number of aryl methyl sites for hydroxylation is 2. The predicted molar refractivity (Wildman–Crippen MR) is 91.1 cm³/mol. The normalized spacial score (nSPS) is 13.6. The first-order valence-corrected chi connectivity index (χ1v) is 7.97. The SMILES string of the molecule is CCc1noc(C)c1-c1[nH]c2ccc(F)cc2c1C(O)C(C)(C)N. The first-order chi connectivity index (χ1) is 11.2. The van der Waals surface area contributed by atoms with Gasteiger partial charge in [0.05, 0.1) is 23.1 Å². The molecule has 3 aromatic rings. The van der Waals surface area contributed by atoms with Crippen LogP contribution in [0.4, 0.5) is 4.39 Å². The maximum atomic E-state index is 13.8. The second-order valence-corrected chi connectivity index (χ2v) is 6.74. The lowest BCUT2D eigenvalue weighted by Gasteiger charge is -2.26. The molecular weight excluding hydrogens is 309 g/mol. The van der Waals surface area contributed by atoms with Gasteiger partial charge in [-0.3, -0.25) is 0 Å². The molecule has 5 nitrogen and oxygen atoms in total. The zero-order valence-electron chi connectivity index (χ0n) is 14.3. The molecule has 1 unspecified atom stereocenters. The minimum Gasteiger partial charge on any atom is -0.386 e. The Bertz CT molecular complexity index is 890. The molecule has 128 valence electrons. The fourth-order valence-electron chi connectivity index (χ4n) is 3.02. The zero-order chi connectivity index (χ0) is 17.6. The second kappa shape index (κ2) is 5.72. The van der Waals surface area contributed by atoms with Gasteiger partial charge in [-0.05, 0) is 45.4 Å².